The maximum absolute atomic E-state index is 13.0. The Balaban J connectivity index is 1.86. The second-order valence-corrected chi connectivity index (χ2v) is 6.41. The average molecular weight is 366 g/mol. The summed E-state index contributed by atoms with van der Waals surface area (Å²) in [6.07, 6.45) is -2.68. The first-order valence-corrected chi connectivity index (χ1v) is 8.44. The number of allylic oxidation sites excluding steroid dienone is 1. The molecule has 140 valence electrons. The van der Waals surface area contributed by atoms with Gasteiger partial charge in [0.05, 0.1) is 23.1 Å². The smallest absolute Gasteiger partial charge is 0.340 e. The van der Waals surface area contributed by atoms with Gasteiger partial charge in [-0.05, 0) is 18.2 Å². The van der Waals surface area contributed by atoms with E-state index >= 15 is 0 Å². The molecule has 0 atom stereocenters. The number of piperazine rings is 1. The van der Waals surface area contributed by atoms with Gasteiger partial charge in [-0.15, -0.1) is 6.58 Å². The summed E-state index contributed by atoms with van der Waals surface area (Å²) in [6, 6.07) is 3.64. The first kappa shape index (κ1) is 18.4. The molecular weight excluding hydrogens is 345 g/mol. The molecule has 0 saturated carbocycles. The molecule has 1 aliphatic rings. The van der Waals surface area contributed by atoms with Crippen LogP contribution in [0.5, 0.6) is 0 Å². The largest absolute Gasteiger partial charge is 0.416 e. The van der Waals surface area contributed by atoms with Crippen LogP contribution >= 0.6 is 0 Å². The molecule has 1 fully saturated rings. The maximum atomic E-state index is 13.0. The van der Waals surface area contributed by atoms with Gasteiger partial charge in [-0.2, -0.15) is 13.2 Å². The number of nitrogens with zero attached hydrogens (tertiary/aromatic N) is 4. The fourth-order valence-corrected chi connectivity index (χ4v) is 3.23. The van der Waals surface area contributed by atoms with Crippen LogP contribution in [0.25, 0.3) is 11.0 Å². The molecule has 0 aliphatic carbocycles. The number of hydrogen-bond acceptors (Lipinski definition) is 3. The molecule has 26 heavy (non-hydrogen) atoms. The number of rotatable bonds is 4. The predicted octanol–water partition coefficient (Wildman–Crippen LogP) is 2.91. The molecule has 2 aromatic rings. The Bertz CT molecular complexity index is 820. The van der Waals surface area contributed by atoms with E-state index in [-0.39, 0.29) is 5.91 Å². The van der Waals surface area contributed by atoms with Crippen molar-refractivity contribution >= 4 is 16.9 Å². The summed E-state index contributed by atoms with van der Waals surface area (Å²) in [5.41, 5.74) is 0.296. The van der Waals surface area contributed by atoms with Crippen LogP contribution in [0.4, 0.5) is 13.2 Å². The Morgan fingerprint density at radius 2 is 1.96 bits per heavy atom. The number of amides is 1. The van der Waals surface area contributed by atoms with Gasteiger partial charge in [-0.25, -0.2) is 4.98 Å². The molecule has 1 aromatic heterocycles. The summed E-state index contributed by atoms with van der Waals surface area (Å²) in [7, 11) is 0. The second kappa shape index (κ2) is 7.11. The Hall–Kier alpha value is -2.35. The number of imidazole rings is 1. The van der Waals surface area contributed by atoms with Crippen LogP contribution in [0.2, 0.25) is 0 Å². The molecule has 2 heterocycles. The quantitative estimate of drug-likeness (QED) is 0.782. The lowest BCUT2D eigenvalue weighted by molar-refractivity contribution is -0.137. The van der Waals surface area contributed by atoms with Gasteiger partial charge in [0, 0.05) is 39.6 Å². The lowest BCUT2D eigenvalue weighted by Gasteiger charge is -2.33. The van der Waals surface area contributed by atoms with Crippen molar-refractivity contribution in [1.29, 1.82) is 0 Å². The zero-order chi connectivity index (χ0) is 18.9. The molecule has 0 radical (unpaired) electrons. The molecular formula is C18H21F3N4O. The molecule has 0 unspecified atom stereocenters. The number of carbonyl (C=O) groups excluding carboxylic acids is 1. The molecule has 0 spiro atoms. The fraction of sp³-hybridized carbons (Fsp3) is 0.444. The molecule has 3 rings (SSSR count). The van der Waals surface area contributed by atoms with Crippen LogP contribution in [-0.2, 0) is 24.1 Å². The topological polar surface area (TPSA) is 41.4 Å². The van der Waals surface area contributed by atoms with Crippen molar-refractivity contribution in [3.8, 4) is 0 Å². The normalized spacial score (nSPS) is 16.2. The van der Waals surface area contributed by atoms with Gasteiger partial charge in [0.25, 0.3) is 0 Å². The third-order valence-corrected chi connectivity index (χ3v) is 4.65. The molecule has 1 aromatic carbocycles. The Morgan fingerprint density at radius 1 is 1.27 bits per heavy atom. The molecule has 0 N–H and O–H groups in total. The third kappa shape index (κ3) is 3.75. The van der Waals surface area contributed by atoms with Crippen molar-refractivity contribution < 1.29 is 18.0 Å². The number of carbonyl (C=O) groups is 1. The highest BCUT2D eigenvalue weighted by molar-refractivity contribution is 5.77. The molecule has 1 aliphatic heterocycles. The SMILES string of the molecule is C=CCn1c(CN2CCN(C(C)=O)CC2)nc2cc(C(F)(F)F)ccc21. The lowest BCUT2D eigenvalue weighted by Crippen LogP contribution is -2.47. The molecule has 5 nitrogen and oxygen atoms in total. The van der Waals surface area contributed by atoms with Gasteiger partial charge in [-0.1, -0.05) is 6.08 Å². The Kier molecular flexibility index (Phi) is 5.04. The van der Waals surface area contributed by atoms with Crippen molar-refractivity contribution in [1.82, 2.24) is 19.4 Å². The van der Waals surface area contributed by atoms with Crippen molar-refractivity contribution in [3.63, 3.8) is 0 Å². The van der Waals surface area contributed by atoms with Crippen LogP contribution < -0.4 is 0 Å². The van der Waals surface area contributed by atoms with E-state index in [2.05, 4.69) is 16.5 Å². The highest BCUT2D eigenvalue weighted by Gasteiger charge is 2.31. The van der Waals surface area contributed by atoms with Crippen molar-refractivity contribution in [2.45, 2.75) is 26.2 Å². The summed E-state index contributed by atoms with van der Waals surface area (Å²) >= 11 is 0. The number of benzene rings is 1. The standard InChI is InChI=1S/C18H21F3N4O/c1-3-6-25-16-5-4-14(18(19,20)21)11-15(16)22-17(25)12-23-7-9-24(10-8-23)13(2)26/h3-5,11H,1,6-10,12H2,2H3. The number of alkyl halides is 3. The highest BCUT2D eigenvalue weighted by Crippen LogP contribution is 2.31. The monoisotopic (exact) mass is 366 g/mol. The van der Waals surface area contributed by atoms with Crippen LogP contribution in [-0.4, -0.2) is 51.4 Å². The lowest BCUT2D eigenvalue weighted by atomic mass is 10.2. The van der Waals surface area contributed by atoms with E-state index in [9.17, 15) is 18.0 Å². The number of aromatic nitrogens is 2. The van der Waals surface area contributed by atoms with Crippen molar-refractivity contribution in [2.24, 2.45) is 0 Å². The Morgan fingerprint density at radius 3 is 2.54 bits per heavy atom. The molecule has 1 saturated heterocycles. The summed E-state index contributed by atoms with van der Waals surface area (Å²) < 4.78 is 40.8. The van der Waals surface area contributed by atoms with E-state index in [1.807, 2.05) is 4.57 Å². The summed E-state index contributed by atoms with van der Waals surface area (Å²) in [4.78, 5) is 19.8. The van der Waals surface area contributed by atoms with E-state index in [0.717, 1.165) is 12.1 Å². The zero-order valence-electron chi connectivity index (χ0n) is 14.6. The molecule has 0 bridgehead atoms. The van der Waals surface area contributed by atoms with Crippen molar-refractivity contribution in [2.75, 3.05) is 26.2 Å². The van der Waals surface area contributed by atoms with Gasteiger partial charge in [0.1, 0.15) is 5.82 Å². The average Bonchev–Trinajstić information content (AvgIpc) is 2.92. The van der Waals surface area contributed by atoms with E-state index in [0.29, 0.717) is 56.1 Å². The Labute approximate surface area is 149 Å². The zero-order valence-corrected chi connectivity index (χ0v) is 14.6. The molecule has 1 amide bonds. The van der Waals surface area contributed by atoms with Crippen LogP contribution in [0.3, 0.4) is 0 Å². The number of halogens is 3. The fourth-order valence-electron chi connectivity index (χ4n) is 3.23. The molecule has 8 heteroatoms. The number of fused-ring (bicyclic) bond motifs is 1. The highest BCUT2D eigenvalue weighted by atomic mass is 19.4. The summed E-state index contributed by atoms with van der Waals surface area (Å²) in [5, 5.41) is 0. The van der Waals surface area contributed by atoms with Gasteiger partial charge in [0.2, 0.25) is 5.91 Å². The van der Waals surface area contributed by atoms with E-state index in [4.69, 9.17) is 0 Å². The minimum Gasteiger partial charge on any atom is -0.340 e. The first-order chi connectivity index (χ1) is 12.3. The minimum atomic E-state index is -4.39. The van der Waals surface area contributed by atoms with Gasteiger partial charge < -0.3 is 9.47 Å². The van der Waals surface area contributed by atoms with Gasteiger partial charge in [-0.3, -0.25) is 9.69 Å². The predicted molar refractivity (Wildman–Crippen MR) is 92.5 cm³/mol. The first-order valence-electron chi connectivity index (χ1n) is 8.44. The van der Waals surface area contributed by atoms with Crippen LogP contribution in [0.15, 0.2) is 30.9 Å². The van der Waals surface area contributed by atoms with E-state index in [1.165, 1.54) is 6.07 Å². The second-order valence-electron chi connectivity index (χ2n) is 6.41. The van der Waals surface area contributed by atoms with Crippen LogP contribution in [0, 0.1) is 0 Å². The minimum absolute atomic E-state index is 0.0585. The van der Waals surface area contributed by atoms with Gasteiger partial charge >= 0.3 is 6.18 Å². The van der Waals surface area contributed by atoms with Crippen molar-refractivity contribution in [3.05, 3.63) is 42.2 Å². The summed E-state index contributed by atoms with van der Waals surface area (Å²) in [6.45, 7) is 9.01. The number of hydrogen-bond donors (Lipinski definition) is 0. The van der Waals surface area contributed by atoms with Gasteiger partial charge in [0.15, 0.2) is 0 Å². The van der Waals surface area contributed by atoms with E-state index < -0.39 is 11.7 Å². The summed E-state index contributed by atoms with van der Waals surface area (Å²) in [5.74, 6) is 0.763. The third-order valence-electron chi connectivity index (χ3n) is 4.65. The maximum Gasteiger partial charge on any atom is 0.416 e. The van der Waals surface area contributed by atoms with Crippen LogP contribution in [0.1, 0.15) is 18.3 Å². The van der Waals surface area contributed by atoms with E-state index in [1.54, 1.807) is 17.9 Å².